The van der Waals surface area contributed by atoms with E-state index in [0.717, 1.165) is 24.6 Å². The molecule has 0 unspecified atom stereocenters. The summed E-state index contributed by atoms with van der Waals surface area (Å²) in [5.41, 5.74) is 1.60. The molecule has 0 radical (unpaired) electrons. The Hall–Kier alpha value is -2.55. The number of ketones is 1. The van der Waals surface area contributed by atoms with Crippen LogP contribution in [0.5, 0.6) is 5.75 Å². The normalized spacial score (nSPS) is 11.0. The van der Waals surface area contributed by atoms with E-state index in [1.54, 1.807) is 18.2 Å². The molecular weight excluding hydrogens is 276 g/mol. The Labute approximate surface area is 129 Å². The maximum absolute atomic E-state index is 12.9. The van der Waals surface area contributed by atoms with Gasteiger partial charge in [0.15, 0.2) is 0 Å². The lowest BCUT2D eigenvalue weighted by molar-refractivity contribution is 0.103. The van der Waals surface area contributed by atoms with E-state index in [0.29, 0.717) is 22.5 Å². The Bertz CT molecular complexity index is 814. The van der Waals surface area contributed by atoms with E-state index in [-0.39, 0.29) is 11.5 Å². The number of furan rings is 1. The third-order valence-corrected chi connectivity index (χ3v) is 3.80. The lowest BCUT2D eigenvalue weighted by atomic mass is 9.98. The van der Waals surface area contributed by atoms with Crippen molar-refractivity contribution in [3.05, 3.63) is 65.4 Å². The minimum atomic E-state index is -0.186. The molecule has 1 aromatic heterocycles. The van der Waals surface area contributed by atoms with Crippen molar-refractivity contribution in [1.82, 2.24) is 0 Å². The Balaban J connectivity index is 2.15. The van der Waals surface area contributed by atoms with Crippen molar-refractivity contribution in [3.8, 4) is 5.75 Å². The maximum Gasteiger partial charge on any atom is 0.200 e. The first-order chi connectivity index (χ1) is 10.7. The second-order valence-electron chi connectivity index (χ2n) is 5.35. The van der Waals surface area contributed by atoms with Crippen molar-refractivity contribution >= 4 is 16.8 Å². The first-order valence-corrected chi connectivity index (χ1v) is 7.55. The zero-order chi connectivity index (χ0) is 15.5. The second kappa shape index (κ2) is 6.06. The number of benzene rings is 2. The SMILES string of the molecule is CCCCc1oc2ccccc2c1C(=O)c1ccccc1O. The lowest BCUT2D eigenvalue weighted by Crippen LogP contribution is -2.04. The lowest BCUT2D eigenvalue weighted by Gasteiger charge is -2.04. The van der Waals surface area contributed by atoms with Crippen LogP contribution in [0.2, 0.25) is 0 Å². The number of fused-ring (bicyclic) bond motifs is 1. The van der Waals surface area contributed by atoms with Crippen LogP contribution in [0.1, 0.15) is 41.4 Å². The minimum absolute atomic E-state index is 0.000720. The Morgan fingerprint density at radius 2 is 1.82 bits per heavy atom. The molecule has 3 rings (SSSR count). The average Bonchev–Trinajstić information content (AvgIpc) is 2.91. The number of aromatic hydroxyl groups is 1. The van der Waals surface area contributed by atoms with Crippen LogP contribution < -0.4 is 0 Å². The van der Waals surface area contributed by atoms with Gasteiger partial charge in [0.05, 0.1) is 11.1 Å². The van der Waals surface area contributed by atoms with Crippen molar-refractivity contribution in [2.24, 2.45) is 0 Å². The number of carbonyl (C=O) groups excluding carboxylic acids is 1. The number of rotatable bonds is 5. The highest BCUT2D eigenvalue weighted by Gasteiger charge is 2.23. The quantitative estimate of drug-likeness (QED) is 0.693. The first kappa shape index (κ1) is 14.4. The summed E-state index contributed by atoms with van der Waals surface area (Å²) >= 11 is 0. The Kier molecular flexibility index (Phi) is 3.96. The highest BCUT2D eigenvalue weighted by molar-refractivity contribution is 6.17. The summed E-state index contributed by atoms with van der Waals surface area (Å²) in [5.74, 6) is 0.518. The van der Waals surface area contributed by atoms with E-state index in [1.165, 1.54) is 6.07 Å². The molecule has 0 spiro atoms. The van der Waals surface area contributed by atoms with Gasteiger partial charge >= 0.3 is 0 Å². The van der Waals surface area contributed by atoms with Crippen LogP contribution in [0.4, 0.5) is 0 Å². The fourth-order valence-corrected chi connectivity index (χ4v) is 2.66. The van der Waals surface area contributed by atoms with Gasteiger partial charge in [0.2, 0.25) is 5.78 Å². The number of aryl methyl sites for hydroxylation is 1. The summed E-state index contributed by atoms with van der Waals surface area (Å²) in [5, 5.41) is 10.8. The molecule has 2 aromatic carbocycles. The summed E-state index contributed by atoms with van der Waals surface area (Å²) in [4.78, 5) is 12.9. The van der Waals surface area contributed by atoms with Gasteiger partial charge in [-0.25, -0.2) is 0 Å². The average molecular weight is 294 g/mol. The van der Waals surface area contributed by atoms with Gasteiger partial charge in [-0.3, -0.25) is 4.79 Å². The zero-order valence-corrected chi connectivity index (χ0v) is 12.5. The van der Waals surface area contributed by atoms with E-state index >= 15 is 0 Å². The molecule has 0 saturated heterocycles. The summed E-state index contributed by atoms with van der Waals surface area (Å²) < 4.78 is 5.88. The van der Waals surface area contributed by atoms with E-state index < -0.39 is 0 Å². The van der Waals surface area contributed by atoms with Crippen LogP contribution >= 0.6 is 0 Å². The molecular formula is C19H18O3. The molecule has 0 aliphatic rings. The molecule has 3 nitrogen and oxygen atoms in total. The van der Waals surface area contributed by atoms with Crippen molar-refractivity contribution in [2.45, 2.75) is 26.2 Å². The van der Waals surface area contributed by atoms with Crippen LogP contribution in [0.25, 0.3) is 11.0 Å². The number of phenols is 1. The predicted octanol–water partition coefficient (Wildman–Crippen LogP) is 4.71. The molecule has 0 bridgehead atoms. The number of carbonyl (C=O) groups is 1. The number of hydrogen-bond acceptors (Lipinski definition) is 3. The molecule has 3 aromatic rings. The van der Waals surface area contributed by atoms with Gasteiger partial charge in [-0.15, -0.1) is 0 Å². The minimum Gasteiger partial charge on any atom is -0.507 e. The van der Waals surface area contributed by atoms with Gasteiger partial charge in [-0.1, -0.05) is 43.7 Å². The zero-order valence-electron chi connectivity index (χ0n) is 12.5. The van der Waals surface area contributed by atoms with E-state index in [1.807, 2.05) is 24.3 Å². The van der Waals surface area contributed by atoms with Crippen molar-refractivity contribution in [2.75, 3.05) is 0 Å². The molecule has 3 heteroatoms. The van der Waals surface area contributed by atoms with Gasteiger partial charge in [0.25, 0.3) is 0 Å². The fourth-order valence-electron chi connectivity index (χ4n) is 2.66. The van der Waals surface area contributed by atoms with Crippen molar-refractivity contribution in [3.63, 3.8) is 0 Å². The second-order valence-corrected chi connectivity index (χ2v) is 5.35. The van der Waals surface area contributed by atoms with Crippen LogP contribution in [0, 0.1) is 0 Å². The Morgan fingerprint density at radius 1 is 1.09 bits per heavy atom. The first-order valence-electron chi connectivity index (χ1n) is 7.55. The Morgan fingerprint density at radius 3 is 2.59 bits per heavy atom. The predicted molar refractivity (Wildman–Crippen MR) is 86.4 cm³/mol. The van der Waals surface area contributed by atoms with Crippen molar-refractivity contribution < 1.29 is 14.3 Å². The highest BCUT2D eigenvalue weighted by Crippen LogP contribution is 2.31. The standard InChI is InChI=1S/C19H18O3/c1-2-3-11-17-18(14-9-5-7-12-16(14)22-17)19(21)13-8-4-6-10-15(13)20/h4-10,12,20H,2-3,11H2,1H3. The van der Waals surface area contributed by atoms with Crippen LogP contribution in [-0.2, 0) is 6.42 Å². The third kappa shape index (κ3) is 2.50. The molecule has 1 N–H and O–H groups in total. The van der Waals surface area contributed by atoms with E-state index in [2.05, 4.69) is 6.92 Å². The van der Waals surface area contributed by atoms with Gasteiger partial charge in [0.1, 0.15) is 17.1 Å². The maximum atomic E-state index is 12.9. The van der Waals surface area contributed by atoms with Gasteiger partial charge in [0, 0.05) is 11.8 Å². The van der Waals surface area contributed by atoms with Gasteiger partial charge in [-0.2, -0.15) is 0 Å². The number of para-hydroxylation sites is 2. The molecule has 0 aliphatic heterocycles. The van der Waals surface area contributed by atoms with Crippen molar-refractivity contribution in [1.29, 1.82) is 0 Å². The number of unbranched alkanes of at least 4 members (excludes halogenated alkanes) is 1. The number of phenolic OH excluding ortho intramolecular Hbond substituents is 1. The van der Waals surface area contributed by atoms with Gasteiger partial charge < -0.3 is 9.52 Å². The monoisotopic (exact) mass is 294 g/mol. The molecule has 0 aliphatic carbocycles. The summed E-state index contributed by atoms with van der Waals surface area (Å²) in [6, 6.07) is 14.2. The fraction of sp³-hybridized carbons (Fsp3) is 0.211. The van der Waals surface area contributed by atoms with Crippen LogP contribution in [0.3, 0.4) is 0 Å². The highest BCUT2D eigenvalue weighted by atomic mass is 16.3. The topological polar surface area (TPSA) is 50.4 Å². The van der Waals surface area contributed by atoms with E-state index in [9.17, 15) is 9.90 Å². The molecule has 0 atom stereocenters. The molecule has 0 fully saturated rings. The molecule has 0 amide bonds. The number of hydrogen-bond donors (Lipinski definition) is 1. The summed E-state index contributed by atoms with van der Waals surface area (Å²) in [6.07, 6.45) is 2.71. The third-order valence-electron chi connectivity index (χ3n) is 3.80. The van der Waals surface area contributed by atoms with E-state index in [4.69, 9.17) is 4.42 Å². The molecule has 0 saturated carbocycles. The molecule has 1 heterocycles. The summed E-state index contributed by atoms with van der Waals surface area (Å²) in [6.45, 7) is 2.10. The smallest absolute Gasteiger partial charge is 0.200 e. The van der Waals surface area contributed by atoms with Crippen LogP contribution in [-0.4, -0.2) is 10.9 Å². The summed E-state index contributed by atoms with van der Waals surface area (Å²) in [7, 11) is 0. The molecule has 22 heavy (non-hydrogen) atoms. The largest absolute Gasteiger partial charge is 0.507 e. The van der Waals surface area contributed by atoms with Crippen LogP contribution in [0.15, 0.2) is 52.9 Å². The molecule has 112 valence electrons. The van der Waals surface area contributed by atoms with Gasteiger partial charge in [-0.05, 0) is 24.6 Å².